The van der Waals surface area contributed by atoms with Crippen LogP contribution in [0.25, 0.3) is 11.0 Å². The molecule has 90 valence electrons. The van der Waals surface area contributed by atoms with Crippen molar-refractivity contribution in [1.29, 1.82) is 0 Å². The summed E-state index contributed by atoms with van der Waals surface area (Å²) in [5.74, 6) is 0. The first-order chi connectivity index (χ1) is 8.74. The number of hydrogen-bond donors (Lipinski definition) is 2. The molecule has 1 aromatic heterocycles. The SMILES string of the molecule is Cc1cccc(Sc2nc3ccccc3[nH]2)c1N. The van der Waals surface area contributed by atoms with Gasteiger partial charge in [-0.2, -0.15) is 0 Å². The monoisotopic (exact) mass is 255 g/mol. The van der Waals surface area contributed by atoms with Gasteiger partial charge in [-0.3, -0.25) is 0 Å². The summed E-state index contributed by atoms with van der Waals surface area (Å²) >= 11 is 1.56. The zero-order chi connectivity index (χ0) is 12.5. The topological polar surface area (TPSA) is 54.7 Å². The molecule has 3 nitrogen and oxygen atoms in total. The third-order valence-electron chi connectivity index (χ3n) is 2.86. The average molecular weight is 255 g/mol. The number of aromatic nitrogens is 2. The van der Waals surface area contributed by atoms with Crippen molar-refractivity contribution < 1.29 is 0 Å². The lowest BCUT2D eigenvalue weighted by Crippen LogP contribution is -1.92. The highest BCUT2D eigenvalue weighted by Gasteiger charge is 2.07. The van der Waals surface area contributed by atoms with Crippen LogP contribution in [0, 0.1) is 6.92 Å². The average Bonchev–Trinajstić information content (AvgIpc) is 2.77. The molecule has 0 amide bonds. The van der Waals surface area contributed by atoms with Gasteiger partial charge in [0.1, 0.15) is 0 Å². The summed E-state index contributed by atoms with van der Waals surface area (Å²) in [6.45, 7) is 2.01. The van der Waals surface area contributed by atoms with Crippen molar-refractivity contribution in [3.63, 3.8) is 0 Å². The van der Waals surface area contributed by atoms with Crippen LogP contribution in [0.5, 0.6) is 0 Å². The van der Waals surface area contributed by atoms with E-state index in [1.165, 1.54) is 0 Å². The molecule has 0 radical (unpaired) electrons. The molecule has 0 fully saturated rings. The summed E-state index contributed by atoms with van der Waals surface area (Å²) in [5, 5.41) is 0.869. The predicted octanol–water partition coefficient (Wildman–Crippen LogP) is 3.60. The summed E-state index contributed by atoms with van der Waals surface area (Å²) in [6, 6.07) is 14.0. The van der Waals surface area contributed by atoms with E-state index in [2.05, 4.69) is 9.97 Å². The maximum absolute atomic E-state index is 6.06. The van der Waals surface area contributed by atoms with E-state index >= 15 is 0 Å². The van der Waals surface area contributed by atoms with Gasteiger partial charge in [0, 0.05) is 10.6 Å². The quantitative estimate of drug-likeness (QED) is 0.688. The van der Waals surface area contributed by atoms with E-state index in [1.807, 2.05) is 49.4 Å². The van der Waals surface area contributed by atoms with E-state index in [-0.39, 0.29) is 0 Å². The maximum atomic E-state index is 6.06. The Morgan fingerprint density at radius 3 is 2.78 bits per heavy atom. The smallest absolute Gasteiger partial charge is 0.171 e. The molecule has 3 aromatic rings. The molecule has 0 aliphatic carbocycles. The molecule has 0 saturated carbocycles. The number of hydrogen-bond acceptors (Lipinski definition) is 3. The van der Waals surface area contributed by atoms with Crippen molar-refractivity contribution in [2.45, 2.75) is 17.0 Å². The Kier molecular flexibility index (Phi) is 2.72. The molecular formula is C14H13N3S. The van der Waals surface area contributed by atoms with Gasteiger partial charge in [0.15, 0.2) is 5.16 Å². The summed E-state index contributed by atoms with van der Waals surface area (Å²) in [7, 11) is 0. The molecule has 0 spiro atoms. The largest absolute Gasteiger partial charge is 0.398 e. The number of nitrogens with one attached hydrogen (secondary N) is 1. The molecule has 3 rings (SSSR count). The first-order valence-corrected chi connectivity index (χ1v) is 6.53. The Morgan fingerprint density at radius 1 is 1.11 bits per heavy atom. The van der Waals surface area contributed by atoms with Gasteiger partial charge in [0.25, 0.3) is 0 Å². The Bertz CT molecular complexity index is 670. The van der Waals surface area contributed by atoms with Crippen LogP contribution in [0.3, 0.4) is 0 Å². The maximum Gasteiger partial charge on any atom is 0.171 e. The lowest BCUT2D eigenvalue weighted by atomic mass is 10.2. The highest BCUT2D eigenvalue weighted by molar-refractivity contribution is 7.99. The van der Waals surface area contributed by atoms with Crippen molar-refractivity contribution in [2.75, 3.05) is 5.73 Å². The first kappa shape index (κ1) is 11.2. The Hall–Kier alpha value is -1.94. The van der Waals surface area contributed by atoms with Crippen molar-refractivity contribution in [3.05, 3.63) is 48.0 Å². The van der Waals surface area contributed by atoms with Crippen molar-refractivity contribution in [1.82, 2.24) is 9.97 Å². The Balaban J connectivity index is 1.99. The van der Waals surface area contributed by atoms with E-state index in [4.69, 9.17) is 5.73 Å². The molecule has 0 aliphatic rings. The van der Waals surface area contributed by atoms with Crippen LogP contribution >= 0.6 is 11.8 Å². The molecule has 18 heavy (non-hydrogen) atoms. The number of aryl methyl sites for hydroxylation is 1. The minimum Gasteiger partial charge on any atom is -0.398 e. The lowest BCUT2D eigenvalue weighted by molar-refractivity contribution is 1.08. The molecular weight excluding hydrogens is 242 g/mol. The number of aromatic amines is 1. The molecule has 0 unspecified atom stereocenters. The molecule has 0 saturated heterocycles. The van der Waals surface area contributed by atoms with Crippen molar-refractivity contribution >= 4 is 28.5 Å². The van der Waals surface area contributed by atoms with Gasteiger partial charge in [-0.05, 0) is 42.4 Å². The summed E-state index contributed by atoms with van der Waals surface area (Å²) in [4.78, 5) is 8.85. The summed E-state index contributed by atoms with van der Waals surface area (Å²) in [5.41, 5.74) is 10.0. The van der Waals surface area contributed by atoms with E-state index in [0.717, 1.165) is 32.3 Å². The van der Waals surface area contributed by atoms with Gasteiger partial charge >= 0.3 is 0 Å². The molecule has 2 aromatic carbocycles. The summed E-state index contributed by atoms with van der Waals surface area (Å²) < 4.78 is 0. The lowest BCUT2D eigenvalue weighted by Gasteiger charge is -2.05. The number of benzene rings is 2. The van der Waals surface area contributed by atoms with Crippen LogP contribution < -0.4 is 5.73 Å². The second-order valence-electron chi connectivity index (χ2n) is 4.15. The predicted molar refractivity (Wildman–Crippen MR) is 75.8 cm³/mol. The van der Waals surface area contributed by atoms with E-state index in [1.54, 1.807) is 11.8 Å². The third kappa shape index (κ3) is 1.95. The van der Waals surface area contributed by atoms with Crippen LogP contribution in [0.4, 0.5) is 5.69 Å². The number of H-pyrrole nitrogens is 1. The number of para-hydroxylation sites is 3. The highest BCUT2D eigenvalue weighted by atomic mass is 32.2. The molecule has 4 heteroatoms. The highest BCUT2D eigenvalue weighted by Crippen LogP contribution is 2.32. The second-order valence-corrected chi connectivity index (χ2v) is 5.18. The molecule has 3 N–H and O–H groups in total. The number of anilines is 1. The number of nitrogens with zero attached hydrogens (tertiary/aromatic N) is 1. The molecule has 1 heterocycles. The Morgan fingerprint density at radius 2 is 1.94 bits per heavy atom. The fourth-order valence-electron chi connectivity index (χ4n) is 1.82. The van der Waals surface area contributed by atoms with E-state index < -0.39 is 0 Å². The first-order valence-electron chi connectivity index (χ1n) is 5.72. The van der Waals surface area contributed by atoms with Crippen LogP contribution in [0.1, 0.15) is 5.56 Å². The zero-order valence-electron chi connectivity index (χ0n) is 9.97. The summed E-state index contributed by atoms with van der Waals surface area (Å²) in [6.07, 6.45) is 0. The number of nitrogens with two attached hydrogens (primary N) is 1. The van der Waals surface area contributed by atoms with Crippen LogP contribution in [-0.2, 0) is 0 Å². The fourth-order valence-corrected chi connectivity index (χ4v) is 2.76. The zero-order valence-corrected chi connectivity index (χ0v) is 10.8. The van der Waals surface area contributed by atoms with Gasteiger partial charge in [0.2, 0.25) is 0 Å². The fraction of sp³-hybridized carbons (Fsp3) is 0.0714. The normalized spacial score (nSPS) is 10.9. The van der Waals surface area contributed by atoms with Gasteiger partial charge in [0.05, 0.1) is 11.0 Å². The van der Waals surface area contributed by atoms with Crippen molar-refractivity contribution in [3.8, 4) is 0 Å². The number of fused-ring (bicyclic) bond motifs is 1. The van der Waals surface area contributed by atoms with E-state index in [9.17, 15) is 0 Å². The standard InChI is InChI=1S/C14H13N3S/c1-9-5-4-8-12(13(9)15)18-14-16-10-6-2-3-7-11(10)17-14/h2-8H,15H2,1H3,(H,16,17). The molecule has 0 bridgehead atoms. The van der Waals surface area contributed by atoms with Crippen LogP contribution in [0.15, 0.2) is 52.5 Å². The molecule has 0 atom stereocenters. The Labute approximate surface area is 109 Å². The van der Waals surface area contributed by atoms with Gasteiger partial charge in [-0.25, -0.2) is 4.98 Å². The van der Waals surface area contributed by atoms with Crippen molar-refractivity contribution in [2.24, 2.45) is 0 Å². The van der Waals surface area contributed by atoms with Gasteiger partial charge < -0.3 is 10.7 Å². The van der Waals surface area contributed by atoms with Crippen LogP contribution in [0.2, 0.25) is 0 Å². The number of rotatable bonds is 2. The second kappa shape index (κ2) is 4.38. The van der Waals surface area contributed by atoms with Gasteiger partial charge in [-0.1, -0.05) is 24.3 Å². The minimum atomic E-state index is 0.822. The number of nitrogen functional groups attached to an aromatic ring is 1. The van der Waals surface area contributed by atoms with Crippen LogP contribution in [-0.4, -0.2) is 9.97 Å². The minimum absolute atomic E-state index is 0.822. The van der Waals surface area contributed by atoms with E-state index in [0.29, 0.717) is 0 Å². The van der Waals surface area contributed by atoms with Gasteiger partial charge in [-0.15, -0.1) is 0 Å². The third-order valence-corrected chi connectivity index (χ3v) is 3.82. The molecule has 0 aliphatic heterocycles. The number of imidazole rings is 1.